The van der Waals surface area contributed by atoms with Gasteiger partial charge in [-0.25, -0.2) is 0 Å². The summed E-state index contributed by atoms with van der Waals surface area (Å²) in [5, 5.41) is 12.7. The first-order chi connectivity index (χ1) is 12.0. The zero-order valence-corrected chi connectivity index (χ0v) is 14.4. The van der Waals surface area contributed by atoms with Crippen LogP contribution >= 0.6 is 0 Å². The van der Waals surface area contributed by atoms with Gasteiger partial charge in [0, 0.05) is 19.1 Å². The van der Waals surface area contributed by atoms with E-state index in [0.29, 0.717) is 17.7 Å². The first-order valence-electron chi connectivity index (χ1n) is 8.45. The summed E-state index contributed by atoms with van der Waals surface area (Å²) in [6.07, 6.45) is 0. The van der Waals surface area contributed by atoms with Crippen molar-refractivity contribution in [2.24, 2.45) is 0 Å². The predicted octanol–water partition coefficient (Wildman–Crippen LogP) is 2.77. The second kappa shape index (κ2) is 7.07. The first-order valence-corrected chi connectivity index (χ1v) is 8.45. The molecule has 0 saturated heterocycles. The molecule has 5 nitrogen and oxygen atoms in total. The number of aromatic hydroxyl groups is 1. The number of benzene rings is 2. The minimum Gasteiger partial charge on any atom is -0.508 e. The van der Waals surface area contributed by atoms with Gasteiger partial charge >= 0.3 is 0 Å². The molecule has 2 aromatic rings. The van der Waals surface area contributed by atoms with Gasteiger partial charge in [-0.1, -0.05) is 31.2 Å². The molecule has 3 rings (SSSR count). The number of nitrogens with one attached hydrogen (secondary N) is 1. The molecule has 0 aliphatic carbocycles. The summed E-state index contributed by atoms with van der Waals surface area (Å²) >= 11 is 0. The second-order valence-electron chi connectivity index (χ2n) is 6.57. The van der Waals surface area contributed by atoms with Gasteiger partial charge in [0.25, 0.3) is 11.8 Å². The summed E-state index contributed by atoms with van der Waals surface area (Å²) in [6.45, 7) is 5.12. The number of hydrogen-bond acceptors (Lipinski definition) is 4. The van der Waals surface area contributed by atoms with Gasteiger partial charge in [0.15, 0.2) is 0 Å². The number of imide groups is 1. The van der Waals surface area contributed by atoms with Crippen molar-refractivity contribution in [3.05, 3.63) is 65.2 Å². The van der Waals surface area contributed by atoms with Gasteiger partial charge in [0.2, 0.25) is 0 Å². The van der Waals surface area contributed by atoms with Crippen LogP contribution in [0, 0.1) is 0 Å². The first kappa shape index (κ1) is 17.2. The molecule has 0 bridgehead atoms. The molecule has 0 spiro atoms. The molecule has 1 unspecified atom stereocenters. The van der Waals surface area contributed by atoms with Crippen LogP contribution in [-0.4, -0.2) is 41.0 Å². The zero-order chi connectivity index (χ0) is 18.0. The van der Waals surface area contributed by atoms with Crippen LogP contribution in [0.4, 0.5) is 0 Å². The number of phenols is 1. The SMILES string of the molecule is CC(CN1C(=O)c2ccccc2C1=O)NC[C@@H](C)c1ccc(O)cc1. The Morgan fingerprint density at radius 3 is 2.08 bits per heavy atom. The molecular formula is C20H22N2O3. The predicted molar refractivity (Wildman–Crippen MR) is 95.8 cm³/mol. The number of amides is 2. The molecule has 130 valence electrons. The van der Waals surface area contributed by atoms with Crippen LogP contribution in [0.15, 0.2) is 48.5 Å². The smallest absolute Gasteiger partial charge is 0.261 e. The van der Waals surface area contributed by atoms with E-state index in [1.165, 1.54) is 4.90 Å². The number of carbonyl (C=O) groups is 2. The van der Waals surface area contributed by atoms with E-state index in [1.807, 2.05) is 19.1 Å². The lowest BCUT2D eigenvalue weighted by Crippen LogP contribution is -2.43. The highest BCUT2D eigenvalue weighted by Gasteiger charge is 2.35. The van der Waals surface area contributed by atoms with Crippen molar-refractivity contribution in [3.8, 4) is 5.75 Å². The highest BCUT2D eigenvalue weighted by atomic mass is 16.3. The number of phenolic OH excluding ortho intramolecular Hbond substituents is 1. The Kier molecular flexibility index (Phi) is 4.86. The van der Waals surface area contributed by atoms with Crippen molar-refractivity contribution in [1.29, 1.82) is 0 Å². The minimum absolute atomic E-state index is 0.0122. The molecule has 2 N–H and O–H groups in total. The summed E-state index contributed by atoms with van der Waals surface area (Å²) in [4.78, 5) is 26.1. The number of rotatable bonds is 6. The topological polar surface area (TPSA) is 69.6 Å². The molecule has 2 amide bonds. The van der Waals surface area contributed by atoms with Crippen LogP contribution in [0.1, 0.15) is 46.0 Å². The maximum atomic E-state index is 12.4. The third kappa shape index (κ3) is 3.56. The van der Waals surface area contributed by atoms with Crippen molar-refractivity contribution in [2.45, 2.75) is 25.8 Å². The summed E-state index contributed by atoms with van der Waals surface area (Å²) < 4.78 is 0. The number of carbonyl (C=O) groups excluding carboxylic acids is 2. The van der Waals surface area contributed by atoms with Crippen molar-refractivity contribution < 1.29 is 14.7 Å². The fourth-order valence-electron chi connectivity index (χ4n) is 3.04. The molecule has 2 aromatic carbocycles. The second-order valence-corrected chi connectivity index (χ2v) is 6.57. The number of nitrogens with zero attached hydrogens (tertiary/aromatic N) is 1. The Balaban J connectivity index is 1.56. The lowest BCUT2D eigenvalue weighted by atomic mass is 10.0. The average molecular weight is 338 g/mol. The maximum Gasteiger partial charge on any atom is 0.261 e. The van der Waals surface area contributed by atoms with Crippen LogP contribution < -0.4 is 5.32 Å². The van der Waals surface area contributed by atoms with Crippen LogP contribution in [0.5, 0.6) is 5.75 Å². The van der Waals surface area contributed by atoms with E-state index in [4.69, 9.17) is 0 Å². The van der Waals surface area contributed by atoms with E-state index in [2.05, 4.69) is 12.2 Å². The van der Waals surface area contributed by atoms with E-state index in [0.717, 1.165) is 12.1 Å². The van der Waals surface area contributed by atoms with Gasteiger partial charge in [-0.15, -0.1) is 0 Å². The lowest BCUT2D eigenvalue weighted by Gasteiger charge is -2.22. The van der Waals surface area contributed by atoms with Gasteiger partial charge < -0.3 is 10.4 Å². The van der Waals surface area contributed by atoms with Crippen LogP contribution in [0.25, 0.3) is 0 Å². The molecular weight excluding hydrogens is 316 g/mol. The van der Waals surface area contributed by atoms with Gasteiger partial charge in [0.05, 0.1) is 11.1 Å². The van der Waals surface area contributed by atoms with E-state index < -0.39 is 0 Å². The van der Waals surface area contributed by atoms with E-state index in [-0.39, 0.29) is 29.5 Å². The molecule has 2 atom stereocenters. The van der Waals surface area contributed by atoms with Crippen LogP contribution in [0.3, 0.4) is 0 Å². The molecule has 0 radical (unpaired) electrons. The van der Waals surface area contributed by atoms with Gasteiger partial charge in [-0.05, 0) is 42.7 Å². The molecule has 25 heavy (non-hydrogen) atoms. The van der Waals surface area contributed by atoms with Gasteiger partial charge in [-0.2, -0.15) is 0 Å². The Bertz CT molecular complexity index is 751. The minimum atomic E-state index is -0.221. The Hall–Kier alpha value is -2.66. The third-order valence-corrected chi connectivity index (χ3v) is 4.57. The monoisotopic (exact) mass is 338 g/mol. The molecule has 0 saturated carbocycles. The van der Waals surface area contributed by atoms with E-state index >= 15 is 0 Å². The normalized spacial score (nSPS) is 16.0. The Morgan fingerprint density at radius 1 is 0.960 bits per heavy atom. The highest BCUT2D eigenvalue weighted by molar-refractivity contribution is 6.21. The van der Waals surface area contributed by atoms with Crippen LogP contribution in [0.2, 0.25) is 0 Å². The van der Waals surface area contributed by atoms with Gasteiger partial charge in [0.1, 0.15) is 5.75 Å². The summed E-state index contributed by atoms with van der Waals surface area (Å²) in [6, 6.07) is 14.1. The van der Waals surface area contributed by atoms with Gasteiger partial charge in [-0.3, -0.25) is 14.5 Å². The number of hydrogen-bond donors (Lipinski definition) is 2. The number of fused-ring (bicyclic) bond motifs is 1. The largest absolute Gasteiger partial charge is 0.508 e. The quantitative estimate of drug-likeness (QED) is 0.795. The molecule has 0 fully saturated rings. The Labute approximate surface area is 147 Å². The molecule has 1 aliphatic heterocycles. The highest BCUT2D eigenvalue weighted by Crippen LogP contribution is 2.22. The maximum absolute atomic E-state index is 12.4. The Morgan fingerprint density at radius 2 is 1.52 bits per heavy atom. The van der Waals surface area contributed by atoms with E-state index in [9.17, 15) is 14.7 Å². The summed E-state index contributed by atoms with van der Waals surface area (Å²) in [7, 11) is 0. The fourth-order valence-corrected chi connectivity index (χ4v) is 3.04. The third-order valence-electron chi connectivity index (χ3n) is 4.57. The molecule has 0 aromatic heterocycles. The molecule has 1 aliphatic rings. The molecule has 1 heterocycles. The fraction of sp³-hybridized carbons (Fsp3) is 0.300. The van der Waals surface area contributed by atoms with E-state index in [1.54, 1.807) is 36.4 Å². The summed E-state index contributed by atoms with van der Waals surface area (Å²) in [5.74, 6) is 0.0646. The van der Waals surface area contributed by atoms with Crippen molar-refractivity contribution >= 4 is 11.8 Å². The lowest BCUT2D eigenvalue weighted by molar-refractivity contribution is 0.0641. The van der Waals surface area contributed by atoms with Crippen molar-refractivity contribution in [2.75, 3.05) is 13.1 Å². The average Bonchev–Trinajstić information content (AvgIpc) is 2.86. The zero-order valence-electron chi connectivity index (χ0n) is 14.4. The molecule has 5 heteroatoms. The summed E-state index contributed by atoms with van der Waals surface area (Å²) in [5.41, 5.74) is 2.09. The standard InChI is InChI=1S/C20H22N2O3/c1-13(15-7-9-16(23)10-8-15)11-21-14(2)12-22-19(24)17-5-3-4-6-18(17)20(22)25/h3-10,13-14,21,23H,11-12H2,1-2H3/t13-,14?/m1/s1. The van der Waals surface area contributed by atoms with Crippen molar-refractivity contribution in [1.82, 2.24) is 10.2 Å². The van der Waals surface area contributed by atoms with Crippen LogP contribution in [-0.2, 0) is 0 Å². The van der Waals surface area contributed by atoms with Crippen molar-refractivity contribution in [3.63, 3.8) is 0 Å².